The summed E-state index contributed by atoms with van der Waals surface area (Å²) in [6.45, 7) is 0. The molecule has 7 aromatic rings. The van der Waals surface area contributed by atoms with Crippen LogP contribution in [0.15, 0.2) is 163 Å². The molecular weight excluding hydrogens is 546 g/mol. The Hall–Kier alpha value is -5.54. The van der Waals surface area contributed by atoms with Crippen LogP contribution in [0.2, 0.25) is 0 Å². The molecule has 0 saturated heterocycles. The second-order valence-electron chi connectivity index (χ2n) is 12.5. The standard InChI is InChI=1S/C42H31N3/c1-7-19-37-31(13-1)32-14-2-8-20-38(32)43(37)28-25-29(44-39-21-9-3-15-33(39)34-16-4-10-22-40(34)44)27-30(26-28)45-41-23-11-5-17-35(41)36-18-6-12-24-42(36)45/h1-26,29,31,37H,27H2. The highest BCUT2D eigenvalue weighted by Gasteiger charge is 2.39. The molecule has 214 valence electrons. The zero-order valence-electron chi connectivity index (χ0n) is 24.8. The highest BCUT2D eigenvalue weighted by atomic mass is 15.2. The van der Waals surface area contributed by atoms with Crippen molar-refractivity contribution in [2.45, 2.75) is 24.4 Å². The fourth-order valence-electron chi connectivity index (χ4n) is 8.35. The number of para-hydroxylation sites is 5. The Kier molecular flexibility index (Phi) is 5.23. The van der Waals surface area contributed by atoms with E-state index >= 15 is 0 Å². The molecule has 2 aromatic heterocycles. The summed E-state index contributed by atoms with van der Waals surface area (Å²) in [5, 5.41) is 5.21. The van der Waals surface area contributed by atoms with Crippen molar-refractivity contribution >= 4 is 55.0 Å². The lowest BCUT2D eigenvalue weighted by molar-refractivity contribution is 0.631. The summed E-state index contributed by atoms with van der Waals surface area (Å²) in [5.41, 5.74) is 10.3. The minimum absolute atomic E-state index is 0.124. The van der Waals surface area contributed by atoms with Crippen LogP contribution in [-0.2, 0) is 0 Å². The van der Waals surface area contributed by atoms with E-state index in [4.69, 9.17) is 0 Å². The summed E-state index contributed by atoms with van der Waals surface area (Å²) in [6.07, 6.45) is 15.0. The fraction of sp³-hybridized carbons (Fsp3) is 0.0952. The van der Waals surface area contributed by atoms with E-state index in [1.807, 2.05) is 0 Å². The van der Waals surface area contributed by atoms with Crippen LogP contribution in [0.5, 0.6) is 0 Å². The van der Waals surface area contributed by atoms with E-state index in [2.05, 4.69) is 172 Å². The third-order valence-corrected chi connectivity index (χ3v) is 10.1. The molecule has 0 fully saturated rings. The maximum Gasteiger partial charge on any atom is 0.0629 e. The molecule has 10 rings (SSSR count). The van der Waals surface area contributed by atoms with Gasteiger partial charge < -0.3 is 14.0 Å². The van der Waals surface area contributed by atoms with Crippen LogP contribution in [-0.4, -0.2) is 15.2 Å². The van der Waals surface area contributed by atoms with E-state index in [0.717, 1.165) is 6.42 Å². The zero-order valence-corrected chi connectivity index (χ0v) is 24.8. The molecule has 0 N–H and O–H groups in total. The van der Waals surface area contributed by atoms with Gasteiger partial charge in [-0.25, -0.2) is 0 Å². The van der Waals surface area contributed by atoms with Crippen LogP contribution < -0.4 is 4.90 Å². The zero-order chi connectivity index (χ0) is 29.5. The molecule has 5 aromatic carbocycles. The first-order chi connectivity index (χ1) is 22.3. The smallest absolute Gasteiger partial charge is 0.0629 e. The highest BCUT2D eigenvalue weighted by molar-refractivity contribution is 6.10. The summed E-state index contributed by atoms with van der Waals surface area (Å²) in [6, 6.07) is 44.9. The minimum atomic E-state index is 0.124. The molecule has 0 spiro atoms. The average Bonchev–Trinajstić information content (AvgIpc) is 3.74. The van der Waals surface area contributed by atoms with Crippen molar-refractivity contribution in [1.82, 2.24) is 9.13 Å². The number of aromatic nitrogens is 2. The van der Waals surface area contributed by atoms with E-state index in [1.165, 1.54) is 66.3 Å². The summed E-state index contributed by atoms with van der Waals surface area (Å²) in [5.74, 6) is 0.339. The first kappa shape index (κ1) is 24.9. The Bertz CT molecular complexity index is 2340. The van der Waals surface area contributed by atoms with Crippen molar-refractivity contribution in [1.29, 1.82) is 0 Å². The molecule has 3 unspecified atom stereocenters. The van der Waals surface area contributed by atoms with Gasteiger partial charge in [0.25, 0.3) is 0 Å². The molecule has 3 aliphatic rings. The van der Waals surface area contributed by atoms with Crippen LogP contribution in [0, 0.1) is 0 Å². The Labute approximate surface area is 261 Å². The predicted molar refractivity (Wildman–Crippen MR) is 189 cm³/mol. The Morgan fingerprint density at radius 3 is 1.73 bits per heavy atom. The largest absolute Gasteiger partial charge is 0.333 e. The molecule has 0 radical (unpaired) electrons. The van der Waals surface area contributed by atoms with Gasteiger partial charge in [0.15, 0.2) is 0 Å². The number of hydrogen-bond donors (Lipinski definition) is 0. The lowest BCUT2D eigenvalue weighted by atomic mass is 9.91. The van der Waals surface area contributed by atoms with Crippen LogP contribution in [0.4, 0.5) is 5.69 Å². The Balaban J connectivity index is 1.26. The number of anilines is 1. The topological polar surface area (TPSA) is 13.1 Å². The van der Waals surface area contributed by atoms with Crippen molar-refractivity contribution in [3.63, 3.8) is 0 Å². The van der Waals surface area contributed by atoms with Gasteiger partial charge in [-0.1, -0.05) is 115 Å². The molecule has 2 aliphatic carbocycles. The number of fused-ring (bicyclic) bond motifs is 9. The average molecular weight is 578 g/mol. The van der Waals surface area contributed by atoms with Gasteiger partial charge in [0.1, 0.15) is 0 Å². The number of hydrogen-bond acceptors (Lipinski definition) is 1. The first-order valence-electron chi connectivity index (χ1n) is 16.0. The molecule has 3 nitrogen and oxygen atoms in total. The van der Waals surface area contributed by atoms with Crippen LogP contribution >= 0.6 is 0 Å². The molecule has 3 heteroatoms. The number of benzene rings is 5. The van der Waals surface area contributed by atoms with Gasteiger partial charge in [0, 0.05) is 62.0 Å². The maximum absolute atomic E-state index is 2.59. The first-order valence-corrected chi connectivity index (χ1v) is 16.0. The molecule has 0 saturated carbocycles. The molecule has 3 heterocycles. The van der Waals surface area contributed by atoms with E-state index in [0.29, 0.717) is 5.92 Å². The van der Waals surface area contributed by atoms with Gasteiger partial charge in [0.2, 0.25) is 0 Å². The van der Waals surface area contributed by atoms with E-state index in [9.17, 15) is 0 Å². The molecule has 0 bridgehead atoms. The van der Waals surface area contributed by atoms with Crippen LogP contribution in [0.3, 0.4) is 0 Å². The third-order valence-electron chi connectivity index (χ3n) is 10.1. The molecule has 0 amide bonds. The van der Waals surface area contributed by atoms with E-state index in [1.54, 1.807) is 0 Å². The summed E-state index contributed by atoms with van der Waals surface area (Å²) >= 11 is 0. The molecule has 45 heavy (non-hydrogen) atoms. The van der Waals surface area contributed by atoms with Gasteiger partial charge in [-0.05, 0) is 48.0 Å². The lowest BCUT2D eigenvalue weighted by Gasteiger charge is -2.34. The summed E-state index contributed by atoms with van der Waals surface area (Å²) in [4.78, 5) is 2.59. The van der Waals surface area contributed by atoms with Gasteiger partial charge in [-0.2, -0.15) is 0 Å². The Morgan fingerprint density at radius 1 is 0.533 bits per heavy atom. The number of rotatable bonds is 3. The second-order valence-corrected chi connectivity index (χ2v) is 12.5. The van der Waals surface area contributed by atoms with Crippen molar-refractivity contribution in [3.05, 3.63) is 169 Å². The molecular formula is C42H31N3. The van der Waals surface area contributed by atoms with Crippen LogP contribution in [0.1, 0.15) is 23.9 Å². The second kappa shape index (κ2) is 9.48. The van der Waals surface area contributed by atoms with Gasteiger partial charge >= 0.3 is 0 Å². The summed E-state index contributed by atoms with van der Waals surface area (Å²) in [7, 11) is 0. The van der Waals surface area contributed by atoms with Crippen molar-refractivity contribution in [2.24, 2.45) is 0 Å². The molecule has 3 atom stereocenters. The highest BCUT2D eigenvalue weighted by Crippen LogP contribution is 2.48. The van der Waals surface area contributed by atoms with E-state index < -0.39 is 0 Å². The number of allylic oxidation sites excluding steroid dienone is 5. The predicted octanol–water partition coefficient (Wildman–Crippen LogP) is 10.4. The number of nitrogens with zero attached hydrogens (tertiary/aromatic N) is 3. The van der Waals surface area contributed by atoms with Crippen molar-refractivity contribution < 1.29 is 0 Å². The Morgan fingerprint density at radius 2 is 1.07 bits per heavy atom. The maximum atomic E-state index is 2.59. The monoisotopic (exact) mass is 577 g/mol. The molecule has 1 aliphatic heterocycles. The van der Waals surface area contributed by atoms with E-state index in [-0.39, 0.29) is 12.1 Å². The van der Waals surface area contributed by atoms with Crippen molar-refractivity contribution in [2.75, 3.05) is 4.90 Å². The quantitative estimate of drug-likeness (QED) is 0.204. The van der Waals surface area contributed by atoms with Crippen LogP contribution in [0.25, 0.3) is 49.3 Å². The van der Waals surface area contributed by atoms with Crippen molar-refractivity contribution in [3.8, 4) is 0 Å². The SMILES string of the molecule is C1=CC2c3ccccc3N(C3=CC(n4c5ccccc5c5ccccc54)CC(n4c5ccccc5c5ccccc54)=C3)C2C=C1. The van der Waals surface area contributed by atoms with Gasteiger partial charge in [0.05, 0.1) is 23.1 Å². The summed E-state index contributed by atoms with van der Waals surface area (Å²) < 4.78 is 5.11. The minimum Gasteiger partial charge on any atom is -0.333 e. The fourth-order valence-corrected chi connectivity index (χ4v) is 8.35. The van der Waals surface area contributed by atoms with Gasteiger partial charge in [-0.15, -0.1) is 0 Å². The van der Waals surface area contributed by atoms with Gasteiger partial charge in [-0.3, -0.25) is 0 Å². The lowest BCUT2D eigenvalue weighted by Crippen LogP contribution is -2.33. The normalized spacial score (nSPS) is 20.6. The third kappa shape index (κ3) is 3.52.